The van der Waals surface area contributed by atoms with E-state index in [9.17, 15) is 4.79 Å². The lowest BCUT2D eigenvalue weighted by atomic mass is 10.1. The van der Waals surface area contributed by atoms with Gasteiger partial charge in [-0.15, -0.1) is 0 Å². The first-order valence-electron chi connectivity index (χ1n) is 8.63. The first-order valence-corrected chi connectivity index (χ1v) is 9.39. The van der Waals surface area contributed by atoms with E-state index in [4.69, 9.17) is 27.9 Å². The molecular weight excluding hydrogens is 371 g/mol. The van der Waals surface area contributed by atoms with Gasteiger partial charge in [0.15, 0.2) is 0 Å². The van der Waals surface area contributed by atoms with E-state index in [1.807, 2.05) is 38.1 Å². The minimum absolute atomic E-state index is 0.261. The molecule has 0 radical (unpaired) electrons. The molecule has 1 amide bonds. The van der Waals surface area contributed by atoms with Crippen LogP contribution in [0.5, 0.6) is 0 Å². The van der Waals surface area contributed by atoms with Crippen LogP contribution in [0.25, 0.3) is 0 Å². The van der Waals surface area contributed by atoms with Gasteiger partial charge in [-0.3, -0.25) is 4.79 Å². The standard InChI is InChI=1S/C20H24Cl2N2O2/c1-14(2)26-10-4-9-23-13-15-5-3-6-17(11-15)24-20(25)18-8-7-16(21)12-19(18)22/h3,5-8,11-12,14,23H,4,9-10,13H2,1-2H3,(H,24,25). The number of amides is 1. The Morgan fingerprint density at radius 2 is 1.96 bits per heavy atom. The summed E-state index contributed by atoms with van der Waals surface area (Å²) in [6.45, 7) is 6.42. The summed E-state index contributed by atoms with van der Waals surface area (Å²) in [6, 6.07) is 12.5. The molecule has 2 N–H and O–H groups in total. The van der Waals surface area contributed by atoms with Crippen LogP contribution >= 0.6 is 23.2 Å². The molecule has 0 saturated carbocycles. The second kappa shape index (κ2) is 10.5. The third kappa shape index (κ3) is 6.96. The van der Waals surface area contributed by atoms with Gasteiger partial charge >= 0.3 is 0 Å². The Morgan fingerprint density at radius 3 is 2.69 bits per heavy atom. The van der Waals surface area contributed by atoms with Gasteiger partial charge in [0, 0.05) is 23.9 Å². The van der Waals surface area contributed by atoms with Crippen LogP contribution in [0.15, 0.2) is 42.5 Å². The predicted molar refractivity (Wildman–Crippen MR) is 108 cm³/mol. The third-order valence-corrected chi connectivity index (χ3v) is 4.19. The van der Waals surface area contributed by atoms with E-state index in [0.29, 0.717) is 15.6 Å². The average molecular weight is 395 g/mol. The number of rotatable bonds is 9. The van der Waals surface area contributed by atoms with Crippen LogP contribution in [0.3, 0.4) is 0 Å². The summed E-state index contributed by atoms with van der Waals surface area (Å²) >= 11 is 12.0. The highest BCUT2D eigenvalue weighted by Crippen LogP contribution is 2.22. The molecule has 0 unspecified atom stereocenters. The zero-order valence-corrected chi connectivity index (χ0v) is 16.5. The summed E-state index contributed by atoms with van der Waals surface area (Å²) in [5, 5.41) is 7.07. The van der Waals surface area contributed by atoms with Gasteiger partial charge in [0.2, 0.25) is 0 Å². The molecule has 0 atom stereocenters. The zero-order chi connectivity index (χ0) is 18.9. The Labute approximate surface area is 164 Å². The fourth-order valence-corrected chi connectivity index (χ4v) is 2.87. The molecule has 6 heteroatoms. The number of carbonyl (C=O) groups excluding carboxylic acids is 1. The average Bonchev–Trinajstić information content (AvgIpc) is 2.58. The third-order valence-electron chi connectivity index (χ3n) is 3.64. The number of benzene rings is 2. The largest absolute Gasteiger partial charge is 0.379 e. The van der Waals surface area contributed by atoms with Crippen molar-refractivity contribution in [1.82, 2.24) is 5.32 Å². The summed E-state index contributed by atoms with van der Waals surface area (Å²) < 4.78 is 5.51. The maximum atomic E-state index is 12.4. The highest BCUT2D eigenvalue weighted by atomic mass is 35.5. The topological polar surface area (TPSA) is 50.4 Å². The van der Waals surface area contributed by atoms with E-state index in [-0.39, 0.29) is 12.0 Å². The van der Waals surface area contributed by atoms with E-state index < -0.39 is 0 Å². The molecular formula is C20H24Cl2N2O2. The molecule has 0 aromatic heterocycles. The van der Waals surface area contributed by atoms with Crippen LogP contribution in [0.2, 0.25) is 10.0 Å². The Hall–Kier alpha value is -1.59. The van der Waals surface area contributed by atoms with E-state index >= 15 is 0 Å². The van der Waals surface area contributed by atoms with Gasteiger partial charge in [0.25, 0.3) is 5.91 Å². The van der Waals surface area contributed by atoms with Gasteiger partial charge in [0.05, 0.1) is 16.7 Å². The van der Waals surface area contributed by atoms with Crippen molar-refractivity contribution in [1.29, 1.82) is 0 Å². The summed E-state index contributed by atoms with van der Waals surface area (Å²) in [5.41, 5.74) is 2.21. The number of nitrogens with one attached hydrogen (secondary N) is 2. The van der Waals surface area contributed by atoms with Gasteiger partial charge in [-0.05, 0) is 62.7 Å². The SMILES string of the molecule is CC(C)OCCCNCc1cccc(NC(=O)c2ccc(Cl)cc2Cl)c1. The van der Waals surface area contributed by atoms with E-state index in [2.05, 4.69) is 10.6 Å². The summed E-state index contributed by atoms with van der Waals surface area (Å²) in [4.78, 5) is 12.4. The molecule has 0 saturated heterocycles. The maximum absolute atomic E-state index is 12.4. The van der Waals surface area contributed by atoms with Crippen molar-refractivity contribution < 1.29 is 9.53 Å². The molecule has 0 aliphatic heterocycles. The summed E-state index contributed by atoms with van der Waals surface area (Å²) in [5.74, 6) is -0.261. The Balaban J connectivity index is 1.85. The second-order valence-corrected chi connectivity index (χ2v) is 7.07. The van der Waals surface area contributed by atoms with Crippen molar-refractivity contribution in [3.63, 3.8) is 0 Å². The molecule has 4 nitrogen and oxygen atoms in total. The predicted octanol–water partition coefficient (Wildman–Crippen LogP) is 5.15. The number of ether oxygens (including phenoxy) is 1. The molecule has 0 aliphatic carbocycles. The number of hydrogen-bond donors (Lipinski definition) is 2. The van der Waals surface area contributed by atoms with Crippen LogP contribution in [-0.4, -0.2) is 25.2 Å². The van der Waals surface area contributed by atoms with Crippen molar-refractivity contribution in [3.05, 3.63) is 63.6 Å². The molecule has 2 rings (SSSR count). The van der Waals surface area contributed by atoms with Crippen LogP contribution < -0.4 is 10.6 Å². The normalized spacial score (nSPS) is 11.0. The highest BCUT2D eigenvalue weighted by molar-refractivity contribution is 6.37. The molecule has 0 bridgehead atoms. The monoisotopic (exact) mass is 394 g/mol. The fourth-order valence-electron chi connectivity index (χ4n) is 2.38. The van der Waals surface area contributed by atoms with Gasteiger partial charge in [-0.25, -0.2) is 0 Å². The smallest absolute Gasteiger partial charge is 0.257 e. The van der Waals surface area contributed by atoms with Crippen molar-refractivity contribution in [2.75, 3.05) is 18.5 Å². The van der Waals surface area contributed by atoms with E-state index in [0.717, 1.165) is 37.4 Å². The quantitative estimate of drug-likeness (QED) is 0.578. The minimum Gasteiger partial charge on any atom is -0.379 e. The van der Waals surface area contributed by atoms with Crippen molar-refractivity contribution in [3.8, 4) is 0 Å². The van der Waals surface area contributed by atoms with Gasteiger partial charge in [0.1, 0.15) is 0 Å². The number of hydrogen-bond acceptors (Lipinski definition) is 3. The van der Waals surface area contributed by atoms with Gasteiger partial charge < -0.3 is 15.4 Å². The van der Waals surface area contributed by atoms with Crippen molar-refractivity contribution >= 4 is 34.8 Å². The first-order chi connectivity index (χ1) is 12.5. The summed E-state index contributed by atoms with van der Waals surface area (Å²) in [7, 11) is 0. The molecule has 0 fully saturated rings. The van der Waals surface area contributed by atoms with Crippen LogP contribution in [0, 0.1) is 0 Å². The molecule has 26 heavy (non-hydrogen) atoms. The number of halogens is 2. The van der Waals surface area contributed by atoms with Crippen LogP contribution in [0.4, 0.5) is 5.69 Å². The Kier molecular flexibility index (Phi) is 8.39. The lowest BCUT2D eigenvalue weighted by Crippen LogP contribution is -2.17. The van der Waals surface area contributed by atoms with E-state index in [1.165, 1.54) is 0 Å². The Morgan fingerprint density at radius 1 is 1.15 bits per heavy atom. The molecule has 0 spiro atoms. The molecule has 2 aromatic carbocycles. The molecule has 2 aromatic rings. The Bertz CT molecular complexity index is 736. The van der Waals surface area contributed by atoms with Crippen LogP contribution in [-0.2, 0) is 11.3 Å². The maximum Gasteiger partial charge on any atom is 0.257 e. The van der Waals surface area contributed by atoms with Crippen molar-refractivity contribution in [2.24, 2.45) is 0 Å². The second-order valence-electron chi connectivity index (χ2n) is 6.23. The molecule has 140 valence electrons. The number of anilines is 1. The van der Waals surface area contributed by atoms with Crippen molar-refractivity contribution in [2.45, 2.75) is 32.9 Å². The lowest BCUT2D eigenvalue weighted by molar-refractivity contribution is 0.0770. The fraction of sp³-hybridized carbons (Fsp3) is 0.350. The van der Waals surface area contributed by atoms with E-state index in [1.54, 1.807) is 18.2 Å². The number of carbonyl (C=O) groups is 1. The first kappa shape index (κ1) is 20.7. The van der Waals surface area contributed by atoms with Crippen LogP contribution in [0.1, 0.15) is 36.2 Å². The van der Waals surface area contributed by atoms with Gasteiger partial charge in [-0.2, -0.15) is 0 Å². The zero-order valence-electron chi connectivity index (χ0n) is 15.0. The highest BCUT2D eigenvalue weighted by Gasteiger charge is 2.11. The lowest BCUT2D eigenvalue weighted by Gasteiger charge is -2.10. The minimum atomic E-state index is -0.261. The van der Waals surface area contributed by atoms with Gasteiger partial charge in [-0.1, -0.05) is 35.3 Å². The summed E-state index contributed by atoms with van der Waals surface area (Å²) in [6.07, 6.45) is 1.23. The molecule has 0 aliphatic rings. The molecule has 0 heterocycles.